The summed E-state index contributed by atoms with van der Waals surface area (Å²) in [5.74, 6) is 0. The average molecular weight is 197 g/mol. The molecule has 78 valence electrons. The third kappa shape index (κ3) is 4.76. The third-order valence-corrected chi connectivity index (χ3v) is 1.78. The van der Waals surface area contributed by atoms with Gasteiger partial charge in [-0.05, 0) is 0 Å². The quantitative estimate of drug-likeness (QED) is 0.439. The van der Waals surface area contributed by atoms with E-state index in [1.807, 2.05) is 0 Å². The number of hydroxylamine groups is 2. The highest BCUT2D eigenvalue weighted by atomic mass is 16.5. The minimum absolute atomic E-state index is 0.750. The number of nitrogens with zero attached hydrogens (tertiary/aromatic N) is 2. The van der Waals surface area contributed by atoms with Gasteiger partial charge in [-0.3, -0.25) is 0 Å². The Morgan fingerprint density at radius 1 is 1.14 bits per heavy atom. The Bertz CT molecular complexity index is 237. The zero-order valence-corrected chi connectivity index (χ0v) is 7.97. The normalized spacial score (nSPS) is 16.9. The van der Waals surface area contributed by atoms with E-state index in [-0.39, 0.29) is 0 Å². The second-order valence-electron chi connectivity index (χ2n) is 2.94. The molecule has 0 unspecified atom stereocenters. The first-order valence-corrected chi connectivity index (χ1v) is 4.57. The molecular weight excluding hydrogens is 182 g/mol. The minimum Gasteiger partial charge on any atom is -0.619 e. The number of nitrogens with one attached hydrogen (secondary N) is 1. The van der Waals surface area contributed by atoms with Gasteiger partial charge in [-0.1, -0.05) is 6.07 Å². The van der Waals surface area contributed by atoms with Gasteiger partial charge in [0, 0.05) is 38.3 Å². The highest BCUT2D eigenvalue weighted by Gasteiger charge is 2.03. The lowest BCUT2D eigenvalue weighted by molar-refractivity contribution is -0.605. The zero-order valence-electron chi connectivity index (χ0n) is 7.97. The average Bonchev–Trinajstić information content (AvgIpc) is 2.21. The predicted molar refractivity (Wildman–Crippen MR) is 51.6 cm³/mol. The summed E-state index contributed by atoms with van der Waals surface area (Å²) in [6.07, 6.45) is 2.89. The molecule has 1 aromatic rings. The van der Waals surface area contributed by atoms with E-state index in [2.05, 4.69) is 5.32 Å². The summed E-state index contributed by atoms with van der Waals surface area (Å²) in [6, 6.07) is 5.18. The van der Waals surface area contributed by atoms with Gasteiger partial charge >= 0.3 is 0 Å². The molecule has 5 nitrogen and oxygen atoms in total. The van der Waals surface area contributed by atoms with Crippen LogP contribution in [0.2, 0.25) is 0 Å². The zero-order chi connectivity index (χ0) is 10.2. The molecule has 0 spiro atoms. The Kier molecular flexibility index (Phi) is 4.92. The van der Waals surface area contributed by atoms with Crippen molar-refractivity contribution in [3.63, 3.8) is 0 Å². The monoisotopic (exact) mass is 197 g/mol. The number of pyridine rings is 1. The van der Waals surface area contributed by atoms with Gasteiger partial charge in [0.05, 0.1) is 0 Å². The second-order valence-corrected chi connectivity index (χ2v) is 2.94. The molecule has 0 radical (unpaired) electrons. The third-order valence-electron chi connectivity index (χ3n) is 1.78. The first-order chi connectivity index (χ1) is 6.79. The van der Waals surface area contributed by atoms with Gasteiger partial charge in [-0.15, -0.1) is 0 Å². The van der Waals surface area contributed by atoms with Gasteiger partial charge in [0.25, 0.3) is 0 Å². The maximum atomic E-state index is 10.2. The van der Waals surface area contributed by atoms with Crippen molar-refractivity contribution in [1.82, 2.24) is 10.4 Å². The topological polar surface area (TPSA) is 62.4 Å². The van der Waals surface area contributed by atoms with Crippen molar-refractivity contribution in [3.8, 4) is 0 Å². The molecule has 1 aliphatic heterocycles. The minimum atomic E-state index is 0.750. The van der Waals surface area contributed by atoms with Gasteiger partial charge in [0.1, 0.15) is 0 Å². The molecular formula is C9H15N3O2. The van der Waals surface area contributed by atoms with E-state index in [0.29, 0.717) is 0 Å². The molecule has 0 bridgehead atoms. The van der Waals surface area contributed by atoms with Crippen molar-refractivity contribution < 1.29 is 9.94 Å². The molecule has 2 rings (SSSR count). The number of hydrogen-bond donors (Lipinski definition) is 2. The summed E-state index contributed by atoms with van der Waals surface area (Å²) in [4.78, 5) is 0. The van der Waals surface area contributed by atoms with Crippen LogP contribution in [0.15, 0.2) is 30.6 Å². The maximum absolute atomic E-state index is 10.2. The molecule has 2 N–H and O–H groups in total. The maximum Gasteiger partial charge on any atom is 0.180 e. The molecule has 1 aliphatic rings. The van der Waals surface area contributed by atoms with Crippen LogP contribution in [0.1, 0.15) is 0 Å². The molecule has 0 amide bonds. The lowest BCUT2D eigenvalue weighted by Crippen LogP contribution is -2.41. The van der Waals surface area contributed by atoms with Gasteiger partial charge in [-0.2, -0.15) is 9.79 Å². The van der Waals surface area contributed by atoms with Crippen molar-refractivity contribution in [1.29, 1.82) is 0 Å². The van der Waals surface area contributed by atoms with Crippen molar-refractivity contribution in [2.45, 2.75) is 0 Å². The molecule has 1 aromatic heterocycles. The Morgan fingerprint density at radius 3 is 2.00 bits per heavy atom. The van der Waals surface area contributed by atoms with Crippen LogP contribution in [-0.4, -0.2) is 36.4 Å². The summed E-state index contributed by atoms with van der Waals surface area (Å²) in [6.45, 7) is 3.35. The summed E-state index contributed by atoms with van der Waals surface area (Å²) in [5, 5.41) is 23.3. The van der Waals surface area contributed by atoms with Gasteiger partial charge in [0.15, 0.2) is 12.4 Å². The summed E-state index contributed by atoms with van der Waals surface area (Å²) >= 11 is 0. The number of piperazine rings is 1. The van der Waals surface area contributed by atoms with Crippen molar-refractivity contribution in [2.75, 3.05) is 26.2 Å². The highest BCUT2D eigenvalue weighted by molar-refractivity contribution is 4.83. The highest BCUT2D eigenvalue weighted by Crippen LogP contribution is 1.82. The fraction of sp³-hybridized carbons (Fsp3) is 0.444. The SMILES string of the molecule is ON1CCNCC1.[O-][n+]1ccccc1. The Hall–Kier alpha value is -1.17. The molecule has 0 aromatic carbocycles. The molecule has 14 heavy (non-hydrogen) atoms. The number of aromatic nitrogens is 1. The van der Waals surface area contributed by atoms with Crippen molar-refractivity contribution in [2.24, 2.45) is 0 Å². The van der Waals surface area contributed by atoms with E-state index in [0.717, 1.165) is 30.9 Å². The number of rotatable bonds is 0. The van der Waals surface area contributed by atoms with Crippen LogP contribution in [-0.2, 0) is 0 Å². The van der Waals surface area contributed by atoms with E-state index >= 15 is 0 Å². The van der Waals surface area contributed by atoms with Crippen LogP contribution in [0.4, 0.5) is 0 Å². The molecule has 1 fully saturated rings. The Balaban J connectivity index is 0.000000140. The van der Waals surface area contributed by atoms with Crippen LogP contribution in [0.25, 0.3) is 0 Å². The second kappa shape index (κ2) is 6.31. The Morgan fingerprint density at radius 2 is 1.71 bits per heavy atom. The van der Waals surface area contributed by atoms with Gasteiger partial charge in [-0.25, -0.2) is 0 Å². The lowest BCUT2D eigenvalue weighted by Gasteiger charge is -2.19. The van der Waals surface area contributed by atoms with E-state index in [9.17, 15) is 5.21 Å². The Labute approximate surface area is 83.1 Å². The molecule has 5 heteroatoms. The van der Waals surface area contributed by atoms with Crippen LogP contribution in [0.3, 0.4) is 0 Å². The first kappa shape index (κ1) is 10.9. The molecule has 2 heterocycles. The molecule has 0 atom stereocenters. The standard InChI is InChI=1S/C5H5NO.C4H10N2O/c7-6-4-2-1-3-5-6;7-6-3-1-5-2-4-6/h1-5H;5,7H,1-4H2. The van der Waals surface area contributed by atoms with Crippen molar-refractivity contribution in [3.05, 3.63) is 35.8 Å². The van der Waals surface area contributed by atoms with Crippen LogP contribution in [0, 0.1) is 5.21 Å². The molecule has 1 saturated heterocycles. The first-order valence-electron chi connectivity index (χ1n) is 4.57. The van der Waals surface area contributed by atoms with E-state index in [1.165, 1.54) is 17.5 Å². The largest absolute Gasteiger partial charge is 0.619 e. The van der Waals surface area contributed by atoms with Crippen LogP contribution in [0.5, 0.6) is 0 Å². The van der Waals surface area contributed by atoms with Gasteiger partial charge in [0.2, 0.25) is 0 Å². The predicted octanol–water partition coefficient (Wildman–Crippen LogP) is -0.399. The van der Waals surface area contributed by atoms with E-state index in [4.69, 9.17) is 5.21 Å². The van der Waals surface area contributed by atoms with Crippen molar-refractivity contribution >= 4 is 0 Å². The smallest absolute Gasteiger partial charge is 0.180 e. The summed E-state index contributed by atoms with van der Waals surface area (Å²) in [7, 11) is 0. The summed E-state index contributed by atoms with van der Waals surface area (Å²) < 4.78 is 0.750. The molecule has 0 saturated carbocycles. The van der Waals surface area contributed by atoms with Gasteiger partial charge < -0.3 is 15.7 Å². The lowest BCUT2D eigenvalue weighted by atomic mass is 10.4. The van der Waals surface area contributed by atoms with E-state index in [1.54, 1.807) is 18.2 Å². The summed E-state index contributed by atoms with van der Waals surface area (Å²) in [5.41, 5.74) is 0. The van der Waals surface area contributed by atoms with Crippen LogP contribution >= 0.6 is 0 Å². The van der Waals surface area contributed by atoms with E-state index < -0.39 is 0 Å². The fourth-order valence-corrected chi connectivity index (χ4v) is 1.04. The van der Waals surface area contributed by atoms with Crippen LogP contribution < -0.4 is 10.0 Å². The molecule has 0 aliphatic carbocycles. The fourth-order valence-electron chi connectivity index (χ4n) is 1.04. The number of hydrogen-bond acceptors (Lipinski definition) is 4.